The zero-order valence-electron chi connectivity index (χ0n) is 31.1. The first-order valence-electron chi connectivity index (χ1n) is 21.7. The minimum atomic E-state index is 0.684. The average molecular weight is 723 g/mol. The lowest BCUT2D eigenvalue weighted by molar-refractivity contribution is -0.146. The Hall–Kier alpha value is -4.46. The second-order valence-electron chi connectivity index (χ2n) is 20.0. The summed E-state index contributed by atoms with van der Waals surface area (Å²) in [6.45, 7) is 0. The van der Waals surface area contributed by atoms with Gasteiger partial charge in [0, 0.05) is 20.2 Å². The van der Waals surface area contributed by atoms with E-state index in [9.17, 15) is 0 Å². The van der Waals surface area contributed by atoms with E-state index >= 15 is 0 Å². The number of hydrogen-bond acceptors (Lipinski definition) is 1. The van der Waals surface area contributed by atoms with Gasteiger partial charge in [-0.25, -0.2) is 0 Å². The van der Waals surface area contributed by atoms with Gasteiger partial charge in [-0.05, 0) is 235 Å². The van der Waals surface area contributed by atoms with Gasteiger partial charge in [0.1, 0.15) is 0 Å². The second kappa shape index (κ2) is 9.22. The number of fused-ring (bicyclic) bond motifs is 17. The molecule has 7 aromatic carbocycles. The zero-order chi connectivity index (χ0) is 35.1. The Balaban J connectivity index is 0.819. The molecule has 1 heterocycles. The maximum absolute atomic E-state index is 2.68. The normalized spacial score (nSPS) is 34.8. The second-order valence-corrected chi connectivity index (χ2v) is 21.1. The molecular formula is C54H42S. The molecule has 0 amide bonds. The summed E-state index contributed by atoms with van der Waals surface area (Å²) in [7, 11) is 0. The lowest BCUT2D eigenvalue weighted by Gasteiger charge is -2.68. The van der Waals surface area contributed by atoms with Gasteiger partial charge in [0.05, 0.1) is 0 Å². The van der Waals surface area contributed by atoms with Crippen LogP contribution in [0.3, 0.4) is 0 Å². The van der Waals surface area contributed by atoms with Crippen molar-refractivity contribution >= 4 is 63.8 Å². The number of hydrogen-bond donors (Lipinski definition) is 0. The van der Waals surface area contributed by atoms with E-state index in [0.717, 1.165) is 47.3 Å². The van der Waals surface area contributed by atoms with Gasteiger partial charge < -0.3 is 0 Å². The Morgan fingerprint density at radius 1 is 0.364 bits per heavy atom. The number of benzene rings is 7. The van der Waals surface area contributed by atoms with Crippen LogP contribution in [0.5, 0.6) is 0 Å². The standard InChI is InChI=1S/C54H42S/c1-2-7-38-37(6-1)42-15-29(8-10-39(42)43-21-40-31-13-33-17-35-19-49(53(33,35)25-31)45(40)23-44(38)43)27-4-3-5-28(12-27)30-9-11-51-47(16-30)48-22-41-32-14-34-18-36-20-50(54(34,36)26-32)46(41)24-52(48)55-51/h1-12,15-16,21-24,31-36,49-50H,13-14,17-20,25-26H2. The van der Waals surface area contributed by atoms with Crippen LogP contribution in [0.1, 0.15) is 97.3 Å². The molecule has 16 rings (SSSR count). The van der Waals surface area contributed by atoms with Crippen molar-refractivity contribution in [2.45, 2.75) is 75.0 Å². The van der Waals surface area contributed by atoms with Gasteiger partial charge in [-0.1, -0.05) is 60.7 Å². The van der Waals surface area contributed by atoms with Crippen LogP contribution in [0, 0.1) is 34.5 Å². The molecule has 1 aromatic heterocycles. The molecule has 55 heavy (non-hydrogen) atoms. The van der Waals surface area contributed by atoms with Crippen LogP contribution in [0.25, 0.3) is 74.7 Å². The van der Waals surface area contributed by atoms with E-state index < -0.39 is 0 Å². The molecular weight excluding hydrogens is 681 g/mol. The monoisotopic (exact) mass is 722 g/mol. The molecule has 8 aliphatic rings. The summed E-state index contributed by atoms with van der Waals surface area (Å²) in [6, 6.07) is 43.9. The minimum Gasteiger partial charge on any atom is -0.135 e. The minimum absolute atomic E-state index is 0.684. The largest absolute Gasteiger partial charge is 0.135 e. The molecule has 4 bridgehead atoms. The van der Waals surface area contributed by atoms with E-state index in [4.69, 9.17) is 0 Å². The third-order valence-corrected chi connectivity index (χ3v) is 19.9. The molecule has 0 radical (unpaired) electrons. The SMILES string of the molecule is c1cc(-c2ccc3sc4cc5c(cc4c3c2)C2CC3CC4CC5C34C2)cc(-c2ccc3c(c2)c2ccccc2c2cc4c(cc32)C2CC3CC5CC4C35C2)c1. The van der Waals surface area contributed by atoms with E-state index in [1.807, 2.05) is 11.3 Å². The average Bonchev–Trinajstić information content (AvgIpc) is 3.90. The predicted molar refractivity (Wildman–Crippen MR) is 229 cm³/mol. The summed E-state index contributed by atoms with van der Waals surface area (Å²) in [4.78, 5) is 0. The molecule has 6 fully saturated rings. The van der Waals surface area contributed by atoms with Crippen molar-refractivity contribution in [3.8, 4) is 22.3 Å². The van der Waals surface area contributed by atoms with Gasteiger partial charge in [0.15, 0.2) is 0 Å². The summed E-state index contributed by atoms with van der Waals surface area (Å²) in [6.07, 6.45) is 11.8. The highest BCUT2D eigenvalue weighted by Gasteiger charge is 2.73. The van der Waals surface area contributed by atoms with E-state index in [-0.39, 0.29) is 0 Å². The molecule has 2 spiro atoms. The van der Waals surface area contributed by atoms with Crippen LogP contribution in [0.4, 0.5) is 0 Å². The maximum atomic E-state index is 2.68. The lowest BCUT2D eigenvalue weighted by Crippen LogP contribution is -2.59. The van der Waals surface area contributed by atoms with Gasteiger partial charge in [0.2, 0.25) is 0 Å². The fraction of sp³-hybridized carbons (Fsp3) is 0.333. The van der Waals surface area contributed by atoms with Crippen LogP contribution in [-0.2, 0) is 0 Å². The molecule has 0 nitrogen and oxygen atoms in total. The van der Waals surface area contributed by atoms with Crippen molar-refractivity contribution in [3.63, 3.8) is 0 Å². The molecule has 6 saturated carbocycles. The Labute approximate surface area is 325 Å². The first-order chi connectivity index (χ1) is 27.1. The van der Waals surface area contributed by atoms with Gasteiger partial charge in [-0.15, -0.1) is 11.3 Å². The molecule has 0 saturated heterocycles. The molecule has 10 atom stereocenters. The van der Waals surface area contributed by atoms with Crippen LogP contribution in [0.2, 0.25) is 0 Å². The Morgan fingerprint density at radius 3 is 1.55 bits per heavy atom. The summed E-state index contributed by atoms with van der Waals surface area (Å²) in [5.41, 5.74) is 13.5. The molecule has 0 aliphatic heterocycles. The Morgan fingerprint density at radius 2 is 0.873 bits per heavy atom. The molecule has 10 unspecified atom stereocenters. The highest BCUT2D eigenvalue weighted by atomic mass is 32.1. The Bertz CT molecular complexity index is 3140. The van der Waals surface area contributed by atoms with Gasteiger partial charge in [-0.3, -0.25) is 0 Å². The van der Waals surface area contributed by atoms with Gasteiger partial charge >= 0.3 is 0 Å². The zero-order valence-corrected chi connectivity index (χ0v) is 31.9. The van der Waals surface area contributed by atoms with E-state index in [1.54, 1.807) is 22.3 Å². The predicted octanol–water partition coefficient (Wildman–Crippen LogP) is 14.8. The van der Waals surface area contributed by atoms with Crippen molar-refractivity contribution in [2.24, 2.45) is 34.5 Å². The first-order valence-corrected chi connectivity index (χ1v) is 22.5. The molecule has 8 aliphatic carbocycles. The fourth-order valence-electron chi connectivity index (χ4n) is 16.4. The third-order valence-electron chi connectivity index (χ3n) is 18.7. The van der Waals surface area contributed by atoms with E-state index in [1.165, 1.54) is 126 Å². The molecule has 0 N–H and O–H groups in total. The van der Waals surface area contributed by atoms with Crippen LogP contribution in [0.15, 0.2) is 109 Å². The van der Waals surface area contributed by atoms with Crippen molar-refractivity contribution in [1.29, 1.82) is 0 Å². The van der Waals surface area contributed by atoms with Crippen molar-refractivity contribution in [2.75, 3.05) is 0 Å². The highest BCUT2D eigenvalue weighted by Crippen LogP contribution is 2.83. The summed E-state index contributed by atoms with van der Waals surface area (Å²) >= 11 is 2.02. The molecule has 264 valence electrons. The summed E-state index contributed by atoms with van der Waals surface area (Å²) in [5, 5.41) is 11.5. The summed E-state index contributed by atoms with van der Waals surface area (Å²) < 4.78 is 2.93. The molecule has 1 heteroatoms. The maximum Gasteiger partial charge on any atom is 0.0358 e. The van der Waals surface area contributed by atoms with Crippen molar-refractivity contribution in [1.82, 2.24) is 0 Å². The van der Waals surface area contributed by atoms with Crippen LogP contribution >= 0.6 is 11.3 Å². The van der Waals surface area contributed by atoms with E-state index in [2.05, 4.69) is 109 Å². The van der Waals surface area contributed by atoms with E-state index in [0.29, 0.717) is 10.8 Å². The van der Waals surface area contributed by atoms with Crippen LogP contribution < -0.4 is 0 Å². The lowest BCUT2D eigenvalue weighted by atomic mass is 9.36. The third kappa shape index (κ3) is 3.15. The fourth-order valence-corrected chi connectivity index (χ4v) is 17.5. The van der Waals surface area contributed by atoms with Crippen LogP contribution in [-0.4, -0.2) is 0 Å². The molecule has 8 aromatic rings. The topological polar surface area (TPSA) is 0 Å². The first kappa shape index (κ1) is 28.9. The van der Waals surface area contributed by atoms with Crippen molar-refractivity contribution < 1.29 is 0 Å². The number of rotatable bonds is 2. The summed E-state index contributed by atoms with van der Waals surface area (Å²) in [5.74, 6) is 7.34. The van der Waals surface area contributed by atoms with Crippen molar-refractivity contribution in [3.05, 3.63) is 131 Å². The highest BCUT2D eigenvalue weighted by molar-refractivity contribution is 7.25. The van der Waals surface area contributed by atoms with Gasteiger partial charge in [-0.2, -0.15) is 0 Å². The number of thiophene rings is 1. The smallest absolute Gasteiger partial charge is 0.0358 e. The quantitative estimate of drug-likeness (QED) is 0.156. The van der Waals surface area contributed by atoms with Gasteiger partial charge in [0.25, 0.3) is 0 Å². The Kier molecular flexibility index (Phi) is 4.84.